The van der Waals surface area contributed by atoms with Crippen LogP contribution in [0.3, 0.4) is 0 Å². The van der Waals surface area contributed by atoms with Crippen LogP contribution < -0.4 is 10.5 Å². The highest BCUT2D eigenvalue weighted by Crippen LogP contribution is 2.34. The third-order valence-corrected chi connectivity index (χ3v) is 3.91. The average Bonchev–Trinajstić information content (AvgIpc) is 2.46. The Morgan fingerprint density at radius 1 is 1.38 bits per heavy atom. The smallest absolute Gasteiger partial charge is 0.291 e. The molecule has 1 aromatic heterocycles. The molecule has 1 heterocycles. The number of rotatable bonds is 5. The van der Waals surface area contributed by atoms with Gasteiger partial charge in [0.1, 0.15) is 11.9 Å². The summed E-state index contributed by atoms with van der Waals surface area (Å²) in [6.07, 6.45) is 2.00. The van der Waals surface area contributed by atoms with E-state index in [1.54, 1.807) is 6.92 Å². The van der Waals surface area contributed by atoms with E-state index >= 15 is 0 Å². The summed E-state index contributed by atoms with van der Waals surface area (Å²) in [6, 6.07) is 7.48. The zero-order chi connectivity index (χ0) is 15.4. The number of hydrogen-bond donors (Lipinski definition) is 1. The third kappa shape index (κ3) is 3.56. The first-order chi connectivity index (χ1) is 10.0. The fourth-order valence-electron chi connectivity index (χ4n) is 1.80. The number of benzene rings is 1. The van der Waals surface area contributed by atoms with E-state index in [1.807, 2.05) is 24.3 Å². The highest BCUT2D eigenvalue weighted by molar-refractivity contribution is 9.10. The maximum Gasteiger partial charge on any atom is 0.291 e. The highest BCUT2D eigenvalue weighted by Gasteiger charge is 2.18. The number of nitrogens with zero attached hydrogens (tertiary/aromatic N) is 2. The van der Waals surface area contributed by atoms with E-state index in [2.05, 4.69) is 20.9 Å². The van der Waals surface area contributed by atoms with Gasteiger partial charge >= 0.3 is 0 Å². The molecule has 2 N–H and O–H groups in total. The number of ether oxygens (including phenoxy) is 1. The lowest BCUT2D eigenvalue weighted by Gasteiger charge is -2.09. The van der Waals surface area contributed by atoms with Gasteiger partial charge in [0.2, 0.25) is 5.88 Å². The maximum absolute atomic E-state index is 10.8. The number of halogens is 1. The predicted molar refractivity (Wildman–Crippen MR) is 82.6 cm³/mol. The first-order valence-electron chi connectivity index (χ1n) is 6.29. The van der Waals surface area contributed by atoms with Crippen LogP contribution in [0.2, 0.25) is 0 Å². The van der Waals surface area contributed by atoms with Crippen molar-refractivity contribution in [1.29, 1.82) is 0 Å². The molecule has 0 saturated carbocycles. The van der Waals surface area contributed by atoms with E-state index in [0.29, 0.717) is 28.2 Å². The minimum Gasteiger partial charge on any atom is -0.438 e. The second-order valence-electron chi connectivity index (χ2n) is 4.43. The molecule has 0 aliphatic heterocycles. The van der Waals surface area contributed by atoms with Crippen molar-refractivity contribution < 1.29 is 9.66 Å². The van der Waals surface area contributed by atoms with Crippen LogP contribution in [0.5, 0.6) is 11.6 Å². The van der Waals surface area contributed by atoms with Crippen LogP contribution in [0.1, 0.15) is 11.1 Å². The van der Waals surface area contributed by atoms with E-state index in [1.165, 1.54) is 6.20 Å². The summed E-state index contributed by atoms with van der Waals surface area (Å²) in [5.41, 5.74) is 7.04. The van der Waals surface area contributed by atoms with Crippen molar-refractivity contribution in [1.82, 2.24) is 4.98 Å². The maximum atomic E-state index is 10.8. The number of hydrogen-bond acceptors (Lipinski definition) is 5. The Labute approximate surface area is 130 Å². The van der Waals surface area contributed by atoms with Crippen molar-refractivity contribution in [2.75, 3.05) is 6.54 Å². The van der Waals surface area contributed by atoms with Gasteiger partial charge in [-0.3, -0.25) is 10.1 Å². The third-order valence-electron chi connectivity index (χ3n) is 2.97. The quantitative estimate of drug-likeness (QED) is 0.658. The fraction of sp³-hybridized carbons (Fsp3) is 0.214. The molecule has 7 heteroatoms. The van der Waals surface area contributed by atoms with Gasteiger partial charge in [-0.2, -0.15) is 0 Å². The topological polar surface area (TPSA) is 91.3 Å². The number of aromatic nitrogens is 1. The summed E-state index contributed by atoms with van der Waals surface area (Å²) >= 11 is 3.29. The lowest BCUT2D eigenvalue weighted by molar-refractivity contribution is -0.385. The Morgan fingerprint density at radius 2 is 2.05 bits per heavy atom. The molecule has 2 aromatic rings. The molecule has 1 aromatic carbocycles. The van der Waals surface area contributed by atoms with Crippen LogP contribution in [0.15, 0.2) is 34.9 Å². The van der Waals surface area contributed by atoms with Gasteiger partial charge in [0.25, 0.3) is 5.69 Å². The summed E-state index contributed by atoms with van der Waals surface area (Å²) in [7, 11) is 0. The van der Waals surface area contributed by atoms with Crippen molar-refractivity contribution in [3.63, 3.8) is 0 Å². The molecule has 2 rings (SSSR count). The van der Waals surface area contributed by atoms with Gasteiger partial charge in [0.05, 0.1) is 9.40 Å². The Hall–Kier alpha value is -1.99. The Kier molecular flexibility index (Phi) is 4.87. The van der Waals surface area contributed by atoms with Crippen molar-refractivity contribution in [3.8, 4) is 11.6 Å². The predicted octanol–water partition coefficient (Wildman–Crippen LogP) is 3.35. The van der Waals surface area contributed by atoms with Gasteiger partial charge in [0.15, 0.2) is 0 Å². The van der Waals surface area contributed by atoms with Crippen LogP contribution in [0.25, 0.3) is 0 Å². The van der Waals surface area contributed by atoms with Gasteiger partial charge in [-0.05, 0) is 53.5 Å². The molecule has 110 valence electrons. The minimum atomic E-state index is -0.474. The summed E-state index contributed by atoms with van der Waals surface area (Å²) in [4.78, 5) is 14.3. The molecule has 0 unspecified atom stereocenters. The molecule has 0 radical (unpaired) electrons. The molecular weight excluding hydrogens is 338 g/mol. The Bertz CT molecular complexity index is 659. The van der Waals surface area contributed by atoms with Gasteiger partial charge in [0, 0.05) is 5.56 Å². The van der Waals surface area contributed by atoms with Crippen molar-refractivity contribution in [2.45, 2.75) is 13.3 Å². The molecule has 21 heavy (non-hydrogen) atoms. The monoisotopic (exact) mass is 351 g/mol. The molecule has 0 bridgehead atoms. The van der Waals surface area contributed by atoms with Crippen LogP contribution in [-0.4, -0.2) is 16.5 Å². The second-order valence-corrected chi connectivity index (χ2v) is 5.22. The molecule has 0 spiro atoms. The zero-order valence-corrected chi connectivity index (χ0v) is 13.0. The summed E-state index contributed by atoms with van der Waals surface area (Å²) in [5.74, 6) is 0.905. The van der Waals surface area contributed by atoms with Crippen LogP contribution >= 0.6 is 15.9 Å². The van der Waals surface area contributed by atoms with Gasteiger partial charge < -0.3 is 10.5 Å². The largest absolute Gasteiger partial charge is 0.438 e. The molecule has 0 aliphatic carbocycles. The normalized spacial score (nSPS) is 10.4. The molecule has 0 saturated heterocycles. The van der Waals surface area contributed by atoms with Crippen LogP contribution in [-0.2, 0) is 6.42 Å². The zero-order valence-electron chi connectivity index (χ0n) is 11.4. The fourth-order valence-corrected chi connectivity index (χ4v) is 2.19. The molecule has 0 fully saturated rings. The van der Waals surface area contributed by atoms with Gasteiger partial charge in [-0.25, -0.2) is 4.98 Å². The van der Waals surface area contributed by atoms with Gasteiger partial charge in [-0.1, -0.05) is 12.1 Å². The van der Waals surface area contributed by atoms with Gasteiger partial charge in [-0.15, -0.1) is 0 Å². The lowest BCUT2D eigenvalue weighted by Crippen LogP contribution is -2.02. The van der Waals surface area contributed by atoms with Crippen molar-refractivity contribution in [2.24, 2.45) is 5.73 Å². The van der Waals surface area contributed by atoms with E-state index in [9.17, 15) is 10.1 Å². The van der Waals surface area contributed by atoms with E-state index in [4.69, 9.17) is 10.5 Å². The molecule has 0 atom stereocenters. The van der Waals surface area contributed by atoms with Crippen molar-refractivity contribution in [3.05, 3.63) is 56.2 Å². The summed E-state index contributed by atoms with van der Waals surface area (Å²) < 4.78 is 6.12. The second kappa shape index (κ2) is 6.64. The van der Waals surface area contributed by atoms with E-state index in [0.717, 1.165) is 12.0 Å². The average molecular weight is 352 g/mol. The van der Waals surface area contributed by atoms with Crippen molar-refractivity contribution >= 4 is 21.6 Å². The van der Waals surface area contributed by atoms with Crippen LogP contribution in [0.4, 0.5) is 5.69 Å². The minimum absolute atomic E-state index is 0.0486. The molecule has 0 amide bonds. The highest BCUT2D eigenvalue weighted by atomic mass is 79.9. The molecule has 6 nitrogen and oxygen atoms in total. The number of nitrogens with two attached hydrogens (primary N) is 1. The van der Waals surface area contributed by atoms with Crippen LogP contribution in [0, 0.1) is 17.0 Å². The lowest BCUT2D eigenvalue weighted by atomic mass is 10.1. The van der Waals surface area contributed by atoms with E-state index in [-0.39, 0.29) is 5.69 Å². The molecule has 0 aliphatic rings. The van der Waals surface area contributed by atoms with E-state index < -0.39 is 4.92 Å². The standard InChI is InChI=1S/C14H14BrN3O3/c1-9-12(18(19)20)8-17-14(13(9)15)21-11-4-2-10(3-5-11)6-7-16/h2-5,8H,6-7,16H2,1H3. The SMILES string of the molecule is Cc1c([N+](=O)[O-])cnc(Oc2ccc(CCN)cc2)c1Br. The number of nitro groups is 1. The first kappa shape index (κ1) is 15.4. The summed E-state index contributed by atoms with van der Waals surface area (Å²) in [5, 5.41) is 10.8. The first-order valence-corrected chi connectivity index (χ1v) is 7.08. The Balaban J connectivity index is 2.23. The Morgan fingerprint density at radius 3 is 2.62 bits per heavy atom. The number of pyridine rings is 1. The molecular formula is C14H14BrN3O3. The summed E-state index contributed by atoms with van der Waals surface area (Å²) in [6.45, 7) is 2.23.